The average molecular weight is 735 g/mol. The number of carbonyl (C=O) groups excluding carboxylic acids is 1. The van der Waals surface area contributed by atoms with Gasteiger partial charge in [0, 0.05) is 31.7 Å². The van der Waals surface area contributed by atoms with Crippen molar-refractivity contribution in [3.63, 3.8) is 0 Å². The molecule has 3 rings (SSSR count). The van der Waals surface area contributed by atoms with Gasteiger partial charge in [0.1, 0.15) is 42.7 Å². The van der Waals surface area contributed by atoms with Crippen molar-refractivity contribution in [2.24, 2.45) is 11.8 Å². The zero-order chi connectivity index (χ0) is 37.9. The van der Waals surface area contributed by atoms with Crippen LogP contribution in [0.5, 0.6) is 0 Å². The van der Waals surface area contributed by atoms with Gasteiger partial charge >= 0.3 is 0 Å². The number of likely N-dealkylation sites (tertiary alicyclic amines) is 1. The summed E-state index contributed by atoms with van der Waals surface area (Å²) in [6.45, 7) is 3.16. The standard InChI is InChI=1S/C34H62N4O13/c1-21-10-22-12-33(2,36-15-28(45)38-5-3-4-23(38)14-35)20-34(11-21,13-22)51-9-8-50-7-6-37(16-24(41)29(46)31(48)26(43)18-39)17-25(42)30(47)32(49)27(44)19-40/h21-27,29-32,36,39-44,46-49H,3-13,15-20H2,1-2H3/t21?,22?,23-,24-,25-,26+,27+,29+,30+,31+,32+,33?,34?/m0/s1. The lowest BCUT2D eigenvalue weighted by Crippen LogP contribution is -2.59. The Bertz CT molecular complexity index is 1070. The van der Waals surface area contributed by atoms with Crippen LogP contribution in [0.3, 0.4) is 0 Å². The maximum Gasteiger partial charge on any atom is 0.237 e. The van der Waals surface area contributed by atoms with Gasteiger partial charge in [0.05, 0.1) is 63.5 Å². The molecule has 17 nitrogen and oxygen atoms in total. The zero-order valence-corrected chi connectivity index (χ0v) is 29.9. The third kappa shape index (κ3) is 12.5. The zero-order valence-electron chi connectivity index (χ0n) is 29.9. The molecule has 3 aliphatic rings. The molecule has 0 aromatic carbocycles. The fourth-order valence-corrected chi connectivity index (χ4v) is 8.34. The normalized spacial score (nSPS) is 31.4. The van der Waals surface area contributed by atoms with Crippen molar-refractivity contribution in [1.82, 2.24) is 15.1 Å². The van der Waals surface area contributed by atoms with Crippen LogP contribution in [0.4, 0.5) is 0 Å². The summed E-state index contributed by atoms with van der Waals surface area (Å²) in [7, 11) is 0. The van der Waals surface area contributed by atoms with Gasteiger partial charge in [0.2, 0.25) is 5.91 Å². The van der Waals surface area contributed by atoms with E-state index in [4.69, 9.17) is 19.7 Å². The van der Waals surface area contributed by atoms with Gasteiger partial charge in [-0.15, -0.1) is 0 Å². The Morgan fingerprint density at radius 2 is 1.49 bits per heavy atom. The summed E-state index contributed by atoms with van der Waals surface area (Å²) >= 11 is 0. The summed E-state index contributed by atoms with van der Waals surface area (Å²) in [4.78, 5) is 16.0. The average Bonchev–Trinajstić information content (AvgIpc) is 3.58. The second-order valence-electron chi connectivity index (χ2n) is 15.3. The van der Waals surface area contributed by atoms with E-state index in [-0.39, 0.29) is 63.5 Å². The second-order valence-corrected chi connectivity index (χ2v) is 15.3. The highest BCUT2D eigenvalue weighted by Gasteiger charge is 2.50. The fourth-order valence-electron chi connectivity index (χ4n) is 8.34. The minimum atomic E-state index is -1.88. The van der Waals surface area contributed by atoms with E-state index in [0.717, 1.165) is 32.1 Å². The van der Waals surface area contributed by atoms with E-state index in [1.807, 2.05) is 0 Å². The number of nitriles is 1. The SMILES string of the molecule is CC1CC2CC(C)(NCC(=O)N3CCC[C@H]3C#N)CC(OCCOCCN(C[C@H](O)[C@@H](O)[C@H](O)[C@H](O)CO)C[C@H](O)[C@@H](O)[C@H](O)[C@H](O)CO)(C1)C2. The van der Waals surface area contributed by atoms with E-state index in [0.29, 0.717) is 31.2 Å². The molecule has 2 bridgehead atoms. The van der Waals surface area contributed by atoms with Crippen molar-refractivity contribution < 1.29 is 65.3 Å². The maximum atomic E-state index is 13.0. The van der Waals surface area contributed by atoms with Gasteiger partial charge in [-0.25, -0.2) is 0 Å². The van der Waals surface area contributed by atoms with Crippen molar-refractivity contribution in [1.29, 1.82) is 5.26 Å². The monoisotopic (exact) mass is 734 g/mol. The highest BCUT2D eigenvalue weighted by Crippen LogP contribution is 2.50. The molecule has 13 atom stereocenters. The Kier molecular flexibility index (Phi) is 17.3. The molecule has 296 valence electrons. The van der Waals surface area contributed by atoms with Crippen LogP contribution in [0.1, 0.15) is 58.8 Å². The van der Waals surface area contributed by atoms with Crippen LogP contribution in [-0.2, 0) is 14.3 Å². The number of aliphatic hydroxyl groups excluding tert-OH is 10. The quantitative estimate of drug-likeness (QED) is 0.0473. The molecule has 0 aromatic rings. The van der Waals surface area contributed by atoms with E-state index in [9.17, 15) is 50.9 Å². The summed E-state index contributed by atoms with van der Waals surface area (Å²) in [6.07, 6.45) is -8.32. The first-order chi connectivity index (χ1) is 24.1. The number of hydrogen-bond acceptors (Lipinski definition) is 16. The van der Waals surface area contributed by atoms with E-state index >= 15 is 0 Å². The predicted octanol–water partition coefficient (Wildman–Crippen LogP) is -3.97. The number of carbonyl (C=O) groups is 1. The van der Waals surface area contributed by atoms with Crippen LogP contribution in [-0.4, -0.2) is 199 Å². The Balaban J connectivity index is 1.55. The molecule has 1 aliphatic heterocycles. The highest BCUT2D eigenvalue weighted by atomic mass is 16.5. The van der Waals surface area contributed by atoms with Crippen molar-refractivity contribution in [2.75, 3.05) is 65.8 Å². The van der Waals surface area contributed by atoms with Crippen LogP contribution >= 0.6 is 0 Å². The minimum Gasteiger partial charge on any atom is -0.394 e. The number of nitrogens with zero attached hydrogens (tertiary/aromatic N) is 3. The van der Waals surface area contributed by atoms with Crippen LogP contribution in [0.2, 0.25) is 0 Å². The Hall–Kier alpha value is -1.60. The van der Waals surface area contributed by atoms with Crippen LogP contribution in [0, 0.1) is 23.2 Å². The molecule has 1 amide bonds. The van der Waals surface area contributed by atoms with Crippen LogP contribution < -0.4 is 5.32 Å². The van der Waals surface area contributed by atoms with E-state index in [1.54, 1.807) is 4.90 Å². The summed E-state index contributed by atoms with van der Waals surface area (Å²) in [5, 5.41) is 112. The maximum absolute atomic E-state index is 13.0. The van der Waals surface area contributed by atoms with E-state index in [2.05, 4.69) is 25.2 Å². The lowest BCUT2D eigenvalue weighted by molar-refractivity contribution is -0.149. The molecule has 17 heteroatoms. The summed E-state index contributed by atoms with van der Waals surface area (Å²) in [5.41, 5.74) is -0.746. The number of fused-ring (bicyclic) bond motifs is 2. The van der Waals surface area contributed by atoms with Crippen molar-refractivity contribution >= 4 is 5.91 Å². The van der Waals surface area contributed by atoms with Gasteiger partial charge in [-0.05, 0) is 63.7 Å². The molecule has 51 heavy (non-hydrogen) atoms. The van der Waals surface area contributed by atoms with E-state index < -0.39 is 67.6 Å². The molecule has 2 aliphatic carbocycles. The molecule has 2 saturated carbocycles. The first-order valence-corrected chi connectivity index (χ1v) is 18.1. The topological polar surface area (TPSA) is 280 Å². The third-order valence-corrected chi connectivity index (χ3v) is 10.7. The summed E-state index contributed by atoms with van der Waals surface area (Å²) < 4.78 is 12.4. The molecule has 4 unspecified atom stereocenters. The predicted molar refractivity (Wildman–Crippen MR) is 181 cm³/mol. The first-order valence-electron chi connectivity index (χ1n) is 18.1. The number of aliphatic hydroxyl groups is 10. The molecular weight excluding hydrogens is 672 g/mol. The molecule has 1 heterocycles. The number of amides is 1. The molecule has 0 spiro atoms. The highest BCUT2D eigenvalue weighted by molar-refractivity contribution is 5.79. The molecule has 0 aromatic heterocycles. The van der Waals surface area contributed by atoms with Crippen LogP contribution in [0.25, 0.3) is 0 Å². The summed E-state index contributed by atoms with van der Waals surface area (Å²) in [5.74, 6) is 0.812. The molecule has 1 saturated heterocycles. The summed E-state index contributed by atoms with van der Waals surface area (Å²) in [6, 6.07) is 1.85. The van der Waals surface area contributed by atoms with Gasteiger partial charge in [0.25, 0.3) is 0 Å². The fraction of sp³-hybridized carbons (Fsp3) is 0.941. The van der Waals surface area contributed by atoms with Gasteiger partial charge in [0.15, 0.2) is 0 Å². The third-order valence-electron chi connectivity index (χ3n) is 10.7. The van der Waals surface area contributed by atoms with Gasteiger partial charge in [-0.3, -0.25) is 9.69 Å². The number of rotatable bonds is 22. The minimum absolute atomic E-state index is 0.0365. The van der Waals surface area contributed by atoms with Crippen LogP contribution in [0.15, 0.2) is 0 Å². The van der Waals surface area contributed by atoms with Gasteiger partial charge < -0.3 is 70.8 Å². The molecule has 11 N–H and O–H groups in total. The first kappa shape index (κ1) is 43.8. The van der Waals surface area contributed by atoms with Crippen molar-refractivity contribution in [3.05, 3.63) is 0 Å². The lowest BCUT2D eigenvalue weighted by atomic mass is 9.60. The van der Waals surface area contributed by atoms with Gasteiger partial charge in [-0.2, -0.15) is 5.26 Å². The second kappa shape index (κ2) is 20.2. The van der Waals surface area contributed by atoms with Crippen molar-refractivity contribution in [3.8, 4) is 6.07 Å². The largest absolute Gasteiger partial charge is 0.394 e. The van der Waals surface area contributed by atoms with Crippen molar-refractivity contribution in [2.45, 2.75) is 125 Å². The smallest absolute Gasteiger partial charge is 0.237 e. The molecular formula is C34H62N4O13. The Labute approximate surface area is 300 Å². The van der Waals surface area contributed by atoms with Gasteiger partial charge in [-0.1, -0.05) is 6.92 Å². The van der Waals surface area contributed by atoms with E-state index in [1.165, 1.54) is 4.90 Å². The molecule has 3 fully saturated rings. The number of nitrogens with one attached hydrogen (secondary N) is 1. The lowest BCUT2D eigenvalue weighted by Gasteiger charge is -2.54. The Morgan fingerprint density at radius 1 is 0.902 bits per heavy atom. The Morgan fingerprint density at radius 3 is 2.06 bits per heavy atom. The number of ether oxygens (including phenoxy) is 2. The number of hydrogen-bond donors (Lipinski definition) is 11. The molecule has 0 radical (unpaired) electrons.